The fraction of sp³-hybridized carbons (Fsp3) is 0. The molecule has 0 rings (SSSR count). The Kier molecular flexibility index (Phi) is 33.7. The van der Waals surface area contributed by atoms with Crippen molar-refractivity contribution in [2.45, 2.75) is 0 Å². The molecule has 0 aromatic carbocycles. The van der Waals surface area contributed by atoms with E-state index < -0.39 is 18.5 Å². The van der Waals surface area contributed by atoms with E-state index in [0.717, 1.165) is 0 Å². The maximum Gasteiger partial charge on any atom is 0 e. The fourth-order valence-corrected chi connectivity index (χ4v) is 0.163. The van der Waals surface area contributed by atoms with Crippen LogP contribution in [0.3, 0.4) is 0 Å². The van der Waals surface area contributed by atoms with Crippen molar-refractivity contribution in [3.8, 4) is 0 Å². The third-order valence-electron chi connectivity index (χ3n) is 0.341. The summed E-state index contributed by atoms with van der Waals surface area (Å²) in [4.78, 5) is 28.8. The molecule has 0 amide bonds. The molecule has 0 atom stereocenters. The molecule has 0 unspecified atom stereocenters. The average molecular weight is 297 g/mol. The Hall–Kier alpha value is 0.652. The number of ether oxygens (including phenoxy) is 2. The van der Waals surface area contributed by atoms with E-state index in [9.17, 15) is 14.4 Å². The van der Waals surface area contributed by atoms with Crippen LogP contribution in [0.5, 0.6) is 0 Å². The summed E-state index contributed by atoms with van der Waals surface area (Å²) in [6.45, 7) is 0. The van der Waals surface area contributed by atoms with E-state index in [4.69, 9.17) is 10.2 Å². The van der Waals surface area contributed by atoms with Crippen LogP contribution in [0.2, 0.25) is 0 Å². The second-order valence-corrected chi connectivity index (χ2v) is 0.986. The van der Waals surface area contributed by atoms with E-state index in [-0.39, 0.29) is 76.7 Å². The van der Waals surface area contributed by atoms with E-state index in [0.29, 0.717) is 0 Å². The Morgan fingerprint density at radius 1 is 0.786 bits per heavy atom. The number of carbonyl (C=O) groups excluding carboxylic acids is 1. The summed E-state index contributed by atoms with van der Waals surface area (Å²) in [6, 6.07) is 0. The van der Waals surface area contributed by atoms with Crippen molar-refractivity contribution in [1.82, 2.24) is 0 Å². The molecule has 7 nitrogen and oxygen atoms in total. The Balaban J connectivity index is -0.0000000675. The average Bonchev–Trinajstić information content (AvgIpc) is 1.58. The smallest absolute Gasteiger partial charge is 0 e. The van der Waals surface area contributed by atoms with E-state index in [1.54, 1.807) is 0 Å². The van der Waals surface area contributed by atoms with Gasteiger partial charge in [-0.05, 0) is 0 Å². The van der Waals surface area contributed by atoms with Crippen LogP contribution in [0.15, 0.2) is 0 Å². The van der Waals surface area contributed by atoms with E-state index in [1.165, 1.54) is 0 Å². The molecule has 0 aliphatic carbocycles. The third kappa shape index (κ3) is 22.9. The number of carbonyl (C=O) groups is 3. The Bertz CT molecular complexity index is 168. The molecule has 2 N–H and O–H groups in total. The van der Waals surface area contributed by atoms with Gasteiger partial charge in [-0.25, -0.2) is 14.4 Å². The van der Waals surface area contributed by atoms with Crippen LogP contribution in [-0.4, -0.2) is 66.4 Å². The maximum atomic E-state index is 9.86. The van der Waals surface area contributed by atoms with Gasteiger partial charge in [0.25, 0.3) is 0 Å². The van der Waals surface area contributed by atoms with Gasteiger partial charge in [0.1, 0.15) is 0 Å². The van der Waals surface area contributed by atoms with Crippen molar-refractivity contribution in [3.63, 3.8) is 0 Å². The van der Waals surface area contributed by atoms with Gasteiger partial charge in [0.05, 0.1) is 0 Å². The van der Waals surface area contributed by atoms with Crippen LogP contribution in [-0.2, 0) is 48.4 Å². The molecule has 0 heterocycles. The minimum atomic E-state index is -1.92. The molecule has 0 aliphatic rings. The maximum absolute atomic E-state index is 9.86. The molecular formula is C3H4Li2O7Zn2. The molecule has 0 saturated heterocycles. The first-order valence-electron chi connectivity index (χ1n) is 1.88. The van der Waals surface area contributed by atoms with Crippen molar-refractivity contribution >= 4 is 56.2 Å². The molecule has 0 aromatic rings. The number of hydrogen-bond donors (Lipinski definition) is 2. The monoisotopic (exact) mass is 294 g/mol. The van der Waals surface area contributed by atoms with Crippen LogP contribution in [0.4, 0.5) is 14.4 Å². The third-order valence-corrected chi connectivity index (χ3v) is 0.341. The molecule has 0 spiro atoms. The van der Waals surface area contributed by atoms with Crippen molar-refractivity contribution in [2.24, 2.45) is 0 Å². The van der Waals surface area contributed by atoms with E-state index in [1.807, 2.05) is 0 Å². The van der Waals surface area contributed by atoms with Gasteiger partial charge in [-0.3, -0.25) is 0 Å². The molecule has 0 aliphatic heterocycles. The summed E-state index contributed by atoms with van der Waals surface area (Å²) in [7, 11) is 0. The Labute approximate surface area is 128 Å². The largest absolute Gasteiger partial charge is 0 e. The van der Waals surface area contributed by atoms with Gasteiger partial charge in [0, 0.05) is 39.0 Å². The van der Waals surface area contributed by atoms with Crippen molar-refractivity contribution < 1.29 is 73.0 Å². The van der Waals surface area contributed by atoms with Crippen LogP contribution >= 0.6 is 0 Å². The summed E-state index contributed by atoms with van der Waals surface area (Å²) in [5, 5.41) is 15.4. The normalized spacial score (nSPS) is 5.71. The first kappa shape index (κ1) is 29.3. The first-order chi connectivity index (χ1) is 4.52. The van der Waals surface area contributed by atoms with Crippen LogP contribution < -0.4 is 0 Å². The summed E-state index contributed by atoms with van der Waals surface area (Å²) in [5.41, 5.74) is 0. The standard InChI is InChI=1S/C3H2O7.2Li.2Zn.2H/c4-1(5)9-3(8)10-2(6)7;;;;;;/h(H,4,5)(H,6,7);;;;;;. The van der Waals surface area contributed by atoms with Gasteiger partial charge in [-0.2, -0.15) is 0 Å². The van der Waals surface area contributed by atoms with Gasteiger partial charge >= 0.3 is 56.2 Å². The van der Waals surface area contributed by atoms with E-state index in [2.05, 4.69) is 9.47 Å². The molecule has 64 valence electrons. The van der Waals surface area contributed by atoms with Crippen LogP contribution in [0.1, 0.15) is 0 Å². The predicted molar refractivity (Wildman–Crippen MR) is 37.9 cm³/mol. The van der Waals surface area contributed by atoms with Crippen molar-refractivity contribution in [2.75, 3.05) is 0 Å². The van der Waals surface area contributed by atoms with Crippen molar-refractivity contribution in [3.05, 3.63) is 0 Å². The van der Waals surface area contributed by atoms with Gasteiger partial charge < -0.3 is 19.7 Å². The Morgan fingerprint density at radius 3 is 1.14 bits per heavy atom. The second-order valence-electron chi connectivity index (χ2n) is 0.986. The van der Waals surface area contributed by atoms with Crippen LogP contribution in [0.25, 0.3) is 0 Å². The molecule has 0 fully saturated rings. The van der Waals surface area contributed by atoms with Gasteiger partial charge in [-0.1, -0.05) is 0 Å². The number of carboxylic acid groups (broad SMARTS) is 2. The van der Waals surface area contributed by atoms with Gasteiger partial charge in [0.15, 0.2) is 0 Å². The fourth-order valence-electron chi connectivity index (χ4n) is 0.163. The minimum absolute atomic E-state index is 0. The van der Waals surface area contributed by atoms with E-state index >= 15 is 0 Å². The Morgan fingerprint density at radius 2 is 1.00 bits per heavy atom. The summed E-state index contributed by atoms with van der Waals surface area (Å²) in [5.74, 6) is 0. The number of rotatable bonds is 0. The zero-order valence-corrected chi connectivity index (χ0v) is 11.8. The zero-order chi connectivity index (χ0) is 8.15. The summed E-state index contributed by atoms with van der Waals surface area (Å²) < 4.78 is 6.47. The second kappa shape index (κ2) is 16.1. The molecule has 0 saturated carbocycles. The first-order valence-corrected chi connectivity index (χ1v) is 1.88. The summed E-state index contributed by atoms with van der Waals surface area (Å²) in [6.07, 6.45) is -5.64. The molecule has 0 bridgehead atoms. The molecule has 14 heavy (non-hydrogen) atoms. The molecule has 11 heteroatoms. The zero-order valence-electron chi connectivity index (χ0n) is 5.85. The summed E-state index contributed by atoms with van der Waals surface area (Å²) >= 11 is 0. The molecular weight excluding hydrogens is 293 g/mol. The molecule has 0 aromatic heterocycles. The predicted octanol–water partition coefficient (Wildman–Crippen LogP) is -0.806. The van der Waals surface area contributed by atoms with Gasteiger partial charge in [0.2, 0.25) is 0 Å². The minimum Gasteiger partial charge on any atom is 0 e. The van der Waals surface area contributed by atoms with Crippen LogP contribution in [0, 0.1) is 0 Å². The number of hydrogen-bond acceptors (Lipinski definition) is 5. The quantitative estimate of drug-likeness (QED) is 0.342. The van der Waals surface area contributed by atoms with Gasteiger partial charge in [-0.15, -0.1) is 0 Å². The SMILES string of the molecule is O=C(O)OC(=O)OC(=O)O.[LiH].[LiH].[Zn].[Zn]. The molecule has 0 radical (unpaired) electrons. The van der Waals surface area contributed by atoms with Crippen molar-refractivity contribution in [1.29, 1.82) is 0 Å². The topological polar surface area (TPSA) is 110 Å².